The maximum atomic E-state index is 13.9. The number of nitrogens with one attached hydrogen (secondary N) is 1. The Hall–Kier alpha value is -3.82. The molecule has 3 aromatic heterocycles. The summed E-state index contributed by atoms with van der Waals surface area (Å²) in [7, 11) is 0. The monoisotopic (exact) mass is 542 g/mol. The molecule has 0 radical (unpaired) electrons. The van der Waals surface area contributed by atoms with Gasteiger partial charge in [-0.25, -0.2) is 4.39 Å². The number of benzene rings is 1. The number of aromatic nitrogens is 3. The number of carbonyl (C=O) groups is 1. The number of pyridine rings is 2. The first-order valence-corrected chi connectivity index (χ1v) is 13.8. The fraction of sp³-hybridized carbons (Fsp3) is 0.387. The van der Waals surface area contributed by atoms with Crippen molar-refractivity contribution < 1.29 is 14.3 Å². The maximum absolute atomic E-state index is 13.9. The highest BCUT2D eigenvalue weighted by atomic mass is 19.1. The number of carbonyl (C=O) groups excluding carboxylic acids is 1. The first kappa shape index (κ1) is 26.4. The van der Waals surface area contributed by atoms with Gasteiger partial charge in [0.05, 0.1) is 23.1 Å². The summed E-state index contributed by atoms with van der Waals surface area (Å²) in [5.41, 5.74) is 4.32. The summed E-state index contributed by atoms with van der Waals surface area (Å²) in [6.07, 6.45) is 6.05. The zero-order chi connectivity index (χ0) is 28.0. The molecular formula is C31H35FN6O2. The van der Waals surface area contributed by atoms with Crippen LogP contribution in [0.2, 0.25) is 0 Å². The molecule has 2 atom stereocenters. The Balaban J connectivity index is 1.22. The Labute approximate surface area is 233 Å². The summed E-state index contributed by atoms with van der Waals surface area (Å²) in [6.45, 7) is 9.26. The topological polar surface area (TPSA) is 86.5 Å². The quantitative estimate of drug-likeness (QED) is 0.385. The van der Waals surface area contributed by atoms with Gasteiger partial charge in [0.25, 0.3) is 0 Å². The molecule has 0 spiro atoms. The normalized spacial score (nSPS) is 20.6. The van der Waals surface area contributed by atoms with E-state index in [2.05, 4.69) is 41.0 Å². The minimum absolute atomic E-state index is 0.0226. The van der Waals surface area contributed by atoms with Crippen molar-refractivity contribution in [3.63, 3.8) is 0 Å². The molecule has 2 N–H and O–H groups in total. The average Bonchev–Trinajstić information content (AvgIpc) is 3.39. The highest BCUT2D eigenvalue weighted by molar-refractivity contribution is 5.97. The number of rotatable bonds is 6. The lowest BCUT2D eigenvalue weighted by molar-refractivity contribution is -0.120. The van der Waals surface area contributed by atoms with E-state index in [0.29, 0.717) is 26.1 Å². The number of halogens is 1. The van der Waals surface area contributed by atoms with Crippen LogP contribution in [0.25, 0.3) is 10.9 Å². The minimum atomic E-state index is -0.262. The number of fused-ring (bicyclic) bond motifs is 2. The molecule has 5 heterocycles. The van der Waals surface area contributed by atoms with Gasteiger partial charge in [-0.05, 0) is 42.8 Å². The smallest absolute Gasteiger partial charge is 0.241 e. The molecule has 0 aliphatic carbocycles. The second-order valence-corrected chi connectivity index (χ2v) is 11.8. The first-order chi connectivity index (χ1) is 19.2. The van der Waals surface area contributed by atoms with Gasteiger partial charge in [-0.1, -0.05) is 26.0 Å². The largest absolute Gasteiger partial charge is 0.494 e. The van der Waals surface area contributed by atoms with Gasteiger partial charge >= 0.3 is 0 Å². The summed E-state index contributed by atoms with van der Waals surface area (Å²) in [4.78, 5) is 27.1. The van der Waals surface area contributed by atoms with Crippen molar-refractivity contribution >= 4 is 22.5 Å². The Kier molecular flexibility index (Phi) is 6.80. The van der Waals surface area contributed by atoms with Crippen LogP contribution in [-0.4, -0.2) is 68.7 Å². The van der Waals surface area contributed by atoms with Crippen LogP contribution in [0.4, 0.5) is 10.1 Å². The van der Waals surface area contributed by atoms with E-state index in [4.69, 9.17) is 0 Å². The predicted molar refractivity (Wildman–Crippen MR) is 153 cm³/mol. The molecule has 1 amide bonds. The fourth-order valence-electron chi connectivity index (χ4n) is 6.03. The van der Waals surface area contributed by atoms with Crippen molar-refractivity contribution in [2.24, 2.45) is 0 Å². The highest BCUT2D eigenvalue weighted by Crippen LogP contribution is 2.40. The van der Waals surface area contributed by atoms with Gasteiger partial charge < -0.3 is 19.9 Å². The van der Waals surface area contributed by atoms with E-state index < -0.39 is 0 Å². The number of hydrogen-bond donors (Lipinski definition) is 2. The Bertz CT molecular complexity index is 1550. The van der Waals surface area contributed by atoms with Gasteiger partial charge in [0.1, 0.15) is 5.82 Å². The molecule has 0 unspecified atom stereocenters. The number of anilines is 1. The van der Waals surface area contributed by atoms with Gasteiger partial charge in [-0.3, -0.25) is 19.7 Å². The Morgan fingerprint density at radius 3 is 2.77 bits per heavy atom. The molecule has 0 bridgehead atoms. The molecule has 4 aromatic rings. The van der Waals surface area contributed by atoms with E-state index in [1.807, 2.05) is 40.1 Å². The number of nitrogens with zero attached hydrogens (tertiary/aromatic N) is 5. The second kappa shape index (κ2) is 10.3. The Morgan fingerprint density at radius 1 is 1.20 bits per heavy atom. The standard InChI is InChI=1S/C31H35FN6O2/c1-20-15-36(24(13-34-20)16-37-17-27-25(30(37)40)5-4-10-33-27)18-29(39)38-19-31(2,3)26-14-35-23(12-28(26)38)11-21-6-8-22(32)9-7-21/h4-10,12,14,17,20,24,34,40H,11,13,15-16,18-19H2,1-3H3/t20-,24-/m1/s1. The predicted octanol–water partition coefficient (Wildman–Crippen LogP) is 3.85. The van der Waals surface area contributed by atoms with Gasteiger partial charge in [0, 0.05) is 79.9 Å². The van der Waals surface area contributed by atoms with Crippen molar-refractivity contribution in [2.75, 3.05) is 31.1 Å². The third kappa shape index (κ3) is 5.07. The van der Waals surface area contributed by atoms with Gasteiger partial charge in [-0.2, -0.15) is 0 Å². The molecule has 208 valence electrons. The van der Waals surface area contributed by atoms with E-state index in [1.54, 1.807) is 18.3 Å². The number of amides is 1. The lowest BCUT2D eigenvalue weighted by atomic mass is 9.88. The molecule has 2 aliphatic heterocycles. The van der Waals surface area contributed by atoms with Crippen LogP contribution in [0, 0.1) is 5.82 Å². The average molecular weight is 543 g/mol. The summed E-state index contributed by atoms with van der Waals surface area (Å²) >= 11 is 0. The SMILES string of the molecule is C[C@@H]1CN(CC(=O)N2CC(C)(C)c3cnc(Cc4ccc(F)cc4)cc32)[C@@H](Cn2cc3ncccc3c2O)CN1. The van der Waals surface area contributed by atoms with Crippen LogP contribution < -0.4 is 10.2 Å². The van der Waals surface area contributed by atoms with E-state index >= 15 is 0 Å². The zero-order valence-corrected chi connectivity index (χ0v) is 23.1. The molecule has 40 heavy (non-hydrogen) atoms. The fourth-order valence-corrected chi connectivity index (χ4v) is 6.03. The number of hydrogen-bond acceptors (Lipinski definition) is 6. The van der Waals surface area contributed by atoms with Crippen molar-refractivity contribution in [1.29, 1.82) is 0 Å². The zero-order valence-electron chi connectivity index (χ0n) is 23.1. The first-order valence-electron chi connectivity index (χ1n) is 13.8. The highest BCUT2D eigenvalue weighted by Gasteiger charge is 2.40. The molecule has 1 saturated heterocycles. The molecular weight excluding hydrogens is 507 g/mol. The van der Waals surface area contributed by atoms with Crippen LogP contribution in [-0.2, 0) is 23.2 Å². The lowest BCUT2D eigenvalue weighted by Gasteiger charge is -2.39. The van der Waals surface area contributed by atoms with Crippen molar-refractivity contribution in [2.45, 2.75) is 51.2 Å². The third-order valence-electron chi connectivity index (χ3n) is 8.21. The third-order valence-corrected chi connectivity index (χ3v) is 8.21. The van der Waals surface area contributed by atoms with E-state index in [1.165, 1.54) is 12.1 Å². The van der Waals surface area contributed by atoms with Crippen LogP contribution in [0.3, 0.4) is 0 Å². The molecule has 9 heteroatoms. The lowest BCUT2D eigenvalue weighted by Crippen LogP contribution is -2.59. The molecule has 0 saturated carbocycles. The molecule has 1 aromatic carbocycles. The molecule has 1 fully saturated rings. The van der Waals surface area contributed by atoms with E-state index in [-0.39, 0.29) is 41.6 Å². The van der Waals surface area contributed by atoms with Crippen LogP contribution in [0.15, 0.2) is 61.1 Å². The maximum Gasteiger partial charge on any atom is 0.241 e. The summed E-state index contributed by atoms with van der Waals surface area (Å²) in [5, 5.41) is 15.1. The van der Waals surface area contributed by atoms with E-state index in [9.17, 15) is 14.3 Å². The van der Waals surface area contributed by atoms with Crippen molar-refractivity contribution in [3.8, 4) is 5.88 Å². The van der Waals surface area contributed by atoms with Crippen LogP contribution in [0.1, 0.15) is 37.6 Å². The van der Waals surface area contributed by atoms with Gasteiger partial charge in [0.2, 0.25) is 11.8 Å². The number of piperazine rings is 1. The molecule has 2 aliphatic rings. The minimum Gasteiger partial charge on any atom is -0.494 e. The van der Waals surface area contributed by atoms with Gasteiger partial charge in [-0.15, -0.1) is 0 Å². The summed E-state index contributed by atoms with van der Waals surface area (Å²) in [6, 6.07) is 12.4. The summed E-state index contributed by atoms with van der Waals surface area (Å²) in [5.74, 6) is -0.0144. The van der Waals surface area contributed by atoms with Crippen molar-refractivity contribution in [3.05, 3.63) is 83.7 Å². The van der Waals surface area contributed by atoms with Crippen LogP contribution in [0.5, 0.6) is 5.88 Å². The Morgan fingerprint density at radius 2 is 2.00 bits per heavy atom. The second-order valence-electron chi connectivity index (χ2n) is 11.8. The summed E-state index contributed by atoms with van der Waals surface area (Å²) < 4.78 is 15.2. The van der Waals surface area contributed by atoms with E-state index in [0.717, 1.165) is 40.0 Å². The molecule has 8 nitrogen and oxygen atoms in total. The number of aromatic hydroxyl groups is 1. The van der Waals surface area contributed by atoms with Crippen LogP contribution >= 0.6 is 0 Å². The van der Waals surface area contributed by atoms with Gasteiger partial charge in [0.15, 0.2) is 0 Å². The molecule has 6 rings (SSSR count). The van der Waals surface area contributed by atoms with Crippen molar-refractivity contribution in [1.82, 2.24) is 24.8 Å².